The molecule has 1 aromatic rings. The van der Waals surface area contributed by atoms with Crippen LogP contribution in [0.25, 0.3) is 0 Å². The van der Waals surface area contributed by atoms with Crippen LogP contribution in [0.5, 0.6) is 0 Å². The molecule has 9 nitrogen and oxygen atoms in total. The molecule has 2 rings (SSSR count). The summed E-state index contributed by atoms with van der Waals surface area (Å²) in [7, 11) is -4.36. The largest absolute Gasteiger partial charge is 0.360 e. The number of rotatable bonds is 4. The minimum absolute atomic E-state index is 0.0661. The van der Waals surface area contributed by atoms with Gasteiger partial charge in [-0.15, -0.1) is 0 Å². The highest BCUT2D eigenvalue weighted by molar-refractivity contribution is 7.89. The van der Waals surface area contributed by atoms with Crippen molar-refractivity contribution in [3.8, 4) is 0 Å². The number of sulfonamides is 1. The van der Waals surface area contributed by atoms with Gasteiger partial charge in [-0.25, -0.2) is 8.42 Å². The topological polar surface area (TPSA) is 104 Å². The molecule has 1 aromatic heterocycles. The first-order chi connectivity index (χ1) is 10.1. The lowest BCUT2D eigenvalue weighted by Gasteiger charge is -2.34. The van der Waals surface area contributed by atoms with Crippen LogP contribution in [-0.4, -0.2) is 75.2 Å². The highest BCUT2D eigenvalue weighted by Crippen LogP contribution is 2.24. The molecule has 126 valence electrons. The van der Waals surface area contributed by atoms with Crippen molar-refractivity contribution in [3.05, 3.63) is 11.5 Å². The first kappa shape index (κ1) is 17.3. The zero-order valence-corrected chi connectivity index (χ0v) is 14.6. The minimum atomic E-state index is -3.73. The molecule has 0 aliphatic carbocycles. The van der Waals surface area contributed by atoms with E-state index in [0.717, 1.165) is 4.31 Å². The Morgan fingerprint density at radius 3 is 1.91 bits per heavy atom. The molecule has 0 aromatic carbocycles. The van der Waals surface area contributed by atoms with E-state index >= 15 is 0 Å². The molecule has 1 fully saturated rings. The Labute approximate surface area is 130 Å². The van der Waals surface area contributed by atoms with Gasteiger partial charge in [-0.1, -0.05) is 5.16 Å². The normalized spacial score (nSPS) is 19.0. The third kappa shape index (κ3) is 2.91. The molecule has 1 aliphatic heterocycles. The van der Waals surface area contributed by atoms with Gasteiger partial charge in [0.15, 0.2) is 5.76 Å². The lowest BCUT2D eigenvalue weighted by atomic mass is 10.4. The third-order valence-electron chi connectivity index (χ3n) is 3.55. The van der Waals surface area contributed by atoms with E-state index in [1.54, 1.807) is 13.8 Å². The van der Waals surface area contributed by atoms with Gasteiger partial charge in [-0.2, -0.15) is 21.3 Å². The van der Waals surface area contributed by atoms with Gasteiger partial charge in [0.05, 0.1) is 0 Å². The molecule has 1 saturated heterocycles. The molecule has 2 heterocycles. The number of nitrogens with zero attached hydrogens (tertiary/aromatic N) is 4. The second kappa shape index (κ2) is 5.89. The van der Waals surface area contributed by atoms with Crippen LogP contribution in [-0.2, 0) is 20.2 Å². The number of aromatic nitrogens is 1. The van der Waals surface area contributed by atoms with Gasteiger partial charge < -0.3 is 4.52 Å². The Bertz CT molecular complexity index is 726. The highest BCUT2D eigenvalue weighted by atomic mass is 32.2. The maximum Gasteiger partial charge on any atom is 0.281 e. The van der Waals surface area contributed by atoms with Crippen LogP contribution in [0.1, 0.15) is 11.5 Å². The summed E-state index contributed by atoms with van der Waals surface area (Å²) in [6.07, 6.45) is 0. The molecular weight excluding hydrogens is 332 g/mol. The van der Waals surface area contributed by atoms with E-state index in [9.17, 15) is 16.8 Å². The van der Waals surface area contributed by atoms with E-state index in [-0.39, 0.29) is 36.8 Å². The van der Waals surface area contributed by atoms with Gasteiger partial charge >= 0.3 is 0 Å². The predicted octanol–water partition coefficient (Wildman–Crippen LogP) is -0.596. The van der Waals surface area contributed by atoms with Crippen molar-refractivity contribution < 1.29 is 21.4 Å². The lowest BCUT2D eigenvalue weighted by Crippen LogP contribution is -2.53. The first-order valence-corrected chi connectivity index (χ1v) is 9.53. The fourth-order valence-electron chi connectivity index (χ4n) is 2.34. The Kier molecular flexibility index (Phi) is 4.64. The van der Waals surface area contributed by atoms with Gasteiger partial charge in [-0.3, -0.25) is 0 Å². The summed E-state index contributed by atoms with van der Waals surface area (Å²) < 4.78 is 57.9. The Balaban J connectivity index is 2.19. The monoisotopic (exact) mass is 352 g/mol. The average Bonchev–Trinajstić information content (AvgIpc) is 2.78. The van der Waals surface area contributed by atoms with Crippen molar-refractivity contribution in [2.45, 2.75) is 18.7 Å². The van der Waals surface area contributed by atoms with Crippen LogP contribution in [0.4, 0.5) is 0 Å². The zero-order chi connectivity index (χ0) is 16.7. The molecule has 1 aliphatic rings. The van der Waals surface area contributed by atoms with Crippen molar-refractivity contribution in [2.75, 3.05) is 40.3 Å². The van der Waals surface area contributed by atoms with Crippen molar-refractivity contribution in [1.82, 2.24) is 18.1 Å². The van der Waals surface area contributed by atoms with E-state index in [1.807, 2.05) is 0 Å². The van der Waals surface area contributed by atoms with E-state index < -0.39 is 20.2 Å². The minimum Gasteiger partial charge on any atom is -0.360 e. The Hall–Kier alpha value is -1.01. The quantitative estimate of drug-likeness (QED) is 0.717. The zero-order valence-electron chi connectivity index (χ0n) is 13.0. The molecule has 0 saturated carbocycles. The summed E-state index contributed by atoms with van der Waals surface area (Å²) in [6, 6.07) is 0. The van der Waals surface area contributed by atoms with Crippen LogP contribution >= 0.6 is 0 Å². The Morgan fingerprint density at radius 1 is 1.00 bits per heavy atom. The standard InChI is InChI=1S/C11H20N4O5S2/c1-9-11(10(2)20-12-9)21(16,17)14-5-7-15(8-6-14)22(18,19)13(3)4/h5-8H2,1-4H3. The van der Waals surface area contributed by atoms with Gasteiger partial charge in [0.1, 0.15) is 10.6 Å². The lowest BCUT2D eigenvalue weighted by molar-refractivity contribution is 0.262. The molecule has 11 heteroatoms. The second-order valence-electron chi connectivity index (χ2n) is 5.25. The molecule has 0 amide bonds. The highest BCUT2D eigenvalue weighted by Gasteiger charge is 2.36. The van der Waals surface area contributed by atoms with E-state index in [1.165, 1.54) is 22.7 Å². The second-order valence-corrected chi connectivity index (χ2v) is 9.26. The average molecular weight is 352 g/mol. The maximum absolute atomic E-state index is 12.6. The summed E-state index contributed by atoms with van der Waals surface area (Å²) in [4.78, 5) is 0.0661. The molecule has 0 N–H and O–H groups in total. The maximum atomic E-state index is 12.6. The van der Waals surface area contributed by atoms with Gasteiger partial charge in [0.2, 0.25) is 10.0 Å². The van der Waals surface area contributed by atoms with Crippen LogP contribution < -0.4 is 0 Å². The van der Waals surface area contributed by atoms with Crippen molar-refractivity contribution >= 4 is 20.2 Å². The van der Waals surface area contributed by atoms with E-state index in [4.69, 9.17) is 4.52 Å². The summed E-state index contributed by atoms with van der Waals surface area (Å²) in [6.45, 7) is 3.53. The first-order valence-electron chi connectivity index (χ1n) is 6.69. The molecular formula is C11H20N4O5S2. The summed E-state index contributed by atoms with van der Waals surface area (Å²) in [5.74, 6) is 0.237. The summed E-state index contributed by atoms with van der Waals surface area (Å²) in [5, 5.41) is 3.66. The molecule has 0 unspecified atom stereocenters. The van der Waals surface area contributed by atoms with Gasteiger partial charge in [0, 0.05) is 40.3 Å². The number of aryl methyl sites for hydroxylation is 2. The van der Waals surface area contributed by atoms with Crippen LogP contribution in [0.3, 0.4) is 0 Å². The van der Waals surface area contributed by atoms with Crippen molar-refractivity contribution in [2.24, 2.45) is 0 Å². The molecule has 0 bridgehead atoms. The number of hydrogen-bond acceptors (Lipinski definition) is 6. The van der Waals surface area contributed by atoms with Gasteiger partial charge in [0.25, 0.3) is 10.2 Å². The Morgan fingerprint density at radius 2 is 1.50 bits per heavy atom. The fourth-order valence-corrected chi connectivity index (χ4v) is 5.14. The molecule has 0 atom stereocenters. The fraction of sp³-hybridized carbons (Fsp3) is 0.727. The van der Waals surface area contributed by atoms with E-state index in [0.29, 0.717) is 5.69 Å². The smallest absolute Gasteiger partial charge is 0.281 e. The van der Waals surface area contributed by atoms with E-state index in [2.05, 4.69) is 5.16 Å². The SMILES string of the molecule is Cc1noc(C)c1S(=O)(=O)N1CCN(S(=O)(=O)N(C)C)CC1. The summed E-state index contributed by atoms with van der Waals surface area (Å²) in [5.41, 5.74) is 0.306. The van der Waals surface area contributed by atoms with Crippen LogP contribution in [0.2, 0.25) is 0 Å². The van der Waals surface area contributed by atoms with Crippen LogP contribution in [0.15, 0.2) is 9.42 Å². The number of piperazine rings is 1. The van der Waals surface area contributed by atoms with Crippen LogP contribution in [0, 0.1) is 13.8 Å². The van der Waals surface area contributed by atoms with Crippen molar-refractivity contribution in [1.29, 1.82) is 0 Å². The van der Waals surface area contributed by atoms with Crippen molar-refractivity contribution in [3.63, 3.8) is 0 Å². The summed E-state index contributed by atoms with van der Waals surface area (Å²) >= 11 is 0. The number of hydrogen-bond donors (Lipinski definition) is 0. The molecule has 22 heavy (non-hydrogen) atoms. The molecule has 0 radical (unpaired) electrons. The van der Waals surface area contributed by atoms with Gasteiger partial charge in [-0.05, 0) is 13.8 Å². The molecule has 0 spiro atoms. The third-order valence-corrected chi connectivity index (χ3v) is 7.64. The predicted molar refractivity (Wildman–Crippen MR) is 78.9 cm³/mol.